The molecule has 2 fully saturated rings. The first-order valence-corrected chi connectivity index (χ1v) is 9.91. The zero-order chi connectivity index (χ0) is 18.0. The average molecular weight is 363 g/mol. The summed E-state index contributed by atoms with van der Waals surface area (Å²) in [7, 11) is 0. The van der Waals surface area contributed by atoms with Crippen LogP contribution in [-0.2, 0) is 17.6 Å². The van der Waals surface area contributed by atoms with Gasteiger partial charge < -0.3 is 5.32 Å². The monoisotopic (exact) mass is 363 g/mol. The van der Waals surface area contributed by atoms with Crippen molar-refractivity contribution in [2.75, 3.05) is 0 Å². The molecule has 1 aliphatic carbocycles. The molecule has 25 heavy (non-hydrogen) atoms. The van der Waals surface area contributed by atoms with Gasteiger partial charge in [-0.2, -0.15) is 5.01 Å². The van der Waals surface area contributed by atoms with E-state index in [1.807, 2.05) is 6.07 Å². The third-order valence-electron chi connectivity index (χ3n) is 5.06. The highest BCUT2D eigenvalue weighted by Crippen LogP contribution is 2.33. The molecule has 1 aliphatic heterocycles. The lowest BCUT2D eigenvalue weighted by atomic mass is 9.82. The number of imide groups is 1. The number of carbonyl (C=O) groups is 3. The fourth-order valence-electron chi connectivity index (χ4n) is 3.69. The zero-order valence-corrected chi connectivity index (χ0v) is 15.6. The first-order chi connectivity index (χ1) is 12.0. The molecule has 0 unspecified atom stereocenters. The highest BCUT2D eigenvalue weighted by atomic mass is 32.1. The summed E-state index contributed by atoms with van der Waals surface area (Å²) < 4.78 is 0. The van der Waals surface area contributed by atoms with Gasteiger partial charge in [0.1, 0.15) is 5.54 Å². The number of nitrogens with one attached hydrogen (secondary N) is 2. The Morgan fingerprint density at radius 3 is 2.64 bits per heavy atom. The maximum atomic E-state index is 12.7. The highest BCUT2D eigenvalue weighted by molar-refractivity contribution is 7.14. The van der Waals surface area contributed by atoms with E-state index in [9.17, 15) is 14.4 Å². The Morgan fingerprint density at radius 1 is 1.28 bits per heavy atom. The summed E-state index contributed by atoms with van der Waals surface area (Å²) in [6.07, 6.45) is 7.01. The SMILES string of the molecule is CCCc1sc(C(=O)NN2C(=O)NC3(CCCCC3)C2=O)cc1CC. The minimum Gasteiger partial charge on any atom is -0.322 e. The van der Waals surface area contributed by atoms with Crippen molar-refractivity contribution in [1.29, 1.82) is 0 Å². The Balaban J connectivity index is 1.74. The molecule has 2 heterocycles. The van der Waals surface area contributed by atoms with Crippen LogP contribution < -0.4 is 10.7 Å². The zero-order valence-electron chi connectivity index (χ0n) is 14.8. The standard InChI is InChI=1S/C18H25N3O3S/c1-3-8-13-12(4-2)11-14(25-13)15(22)20-21-16(23)18(19-17(21)24)9-6-5-7-10-18/h11H,3-10H2,1-2H3,(H,19,24)(H,20,22). The average Bonchev–Trinajstić information content (AvgIpc) is 3.11. The number of hydrazine groups is 1. The highest BCUT2D eigenvalue weighted by Gasteiger charge is 2.52. The molecule has 3 rings (SSSR count). The molecule has 1 aromatic rings. The van der Waals surface area contributed by atoms with Gasteiger partial charge in [-0.3, -0.25) is 15.0 Å². The second-order valence-corrected chi connectivity index (χ2v) is 7.95. The summed E-state index contributed by atoms with van der Waals surface area (Å²) in [6, 6.07) is 1.35. The molecular weight excluding hydrogens is 338 g/mol. The van der Waals surface area contributed by atoms with Gasteiger partial charge in [0.25, 0.3) is 11.8 Å². The predicted octanol–water partition coefficient (Wildman–Crippen LogP) is 3.16. The van der Waals surface area contributed by atoms with Crippen LogP contribution >= 0.6 is 11.3 Å². The Kier molecular flexibility index (Phi) is 5.13. The minimum absolute atomic E-state index is 0.327. The number of aryl methyl sites for hydroxylation is 2. The molecule has 2 N–H and O–H groups in total. The molecule has 1 saturated carbocycles. The van der Waals surface area contributed by atoms with Crippen molar-refractivity contribution in [3.63, 3.8) is 0 Å². The second-order valence-electron chi connectivity index (χ2n) is 6.82. The Hall–Kier alpha value is -1.89. The quantitative estimate of drug-likeness (QED) is 0.789. The van der Waals surface area contributed by atoms with Crippen molar-refractivity contribution < 1.29 is 14.4 Å². The fraction of sp³-hybridized carbons (Fsp3) is 0.611. The van der Waals surface area contributed by atoms with Crippen molar-refractivity contribution in [3.8, 4) is 0 Å². The molecule has 1 aromatic heterocycles. The lowest BCUT2D eigenvalue weighted by Gasteiger charge is -2.30. The third-order valence-corrected chi connectivity index (χ3v) is 6.30. The molecule has 0 radical (unpaired) electrons. The van der Waals surface area contributed by atoms with Gasteiger partial charge in [-0.1, -0.05) is 39.5 Å². The van der Waals surface area contributed by atoms with Gasteiger partial charge in [0.2, 0.25) is 0 Å². The number of thiophene rings is 1. The van der Waals surface area contributed by atoms with Crippen LogP contribution in [0.2, 0.25) is 0 Å². The van der Waals surface area contributed by atoms with E-state index >= 15 is 0 Å². The summed E-state index contributed by atoms with van der Waals surface area (Å²) in [4.78, 5) is 39.3. The first kappa shape index (κ1) is 17.9. The molecule has 0 aromatic carbocycles. The number of amides is 4. The Labute approximate surface area is 151 Å². The van der Waals surface area contributed by atoms with E-state index in [0.29, 0.717) is 17.7 Å². The number of rotatable bonds is 5. The predicted molar refractivity (Wildman–Crippen MR) is 96.4 cm³/mol. The van der Waals surface area contributed by atoms with Gasteiger partial charge in [-0.25, -0.2) is 4.79 Å². The number of nitrogens with zero attached hydrogens (tertiary/aromatic N) is 1. The summed E-state index contributed by atoms with van der Waals surface area (Å²) >= 11 is 1.45. The Morgan fingerprint density at radius 2 is 2.00 bits per heavy atom. The molecular formula is C18H25N3O3S. The van der Waals surface area contributed by atoms with Crippen LogP contribution in [0, 0.1) is 0 Å². The van der Waals surface area contributed by atoms with Crippen molar-refractivity contribution in [2.45, 2.75) is 70.8 Å². The number of urea groups is 1. The van der Waals surface area contributed by atoms with Gasteiger partial charge >= 0.3 is 6.03 Å². The first-order valence-electron chi connectivity index (χ1n) is 9.10. The van der Waals surface area contributed by atoms with E-state index in [4.69, 9.17) is 0 Å². The smallest absolute Gasteiger partial charge is 0.322 e. The van der Waals surface area contributed by atoms with Crippen LogP contribution in [0.15, 0.2) is 6.07 Å². The van der Waals surface area contributed by atoms with E-state index in [0.717, 1.165) is 49.1 Å². The van der Waals surface area contributed by atoms with Crippen LogP contribution in [0.3, 0.4) is 0 Å². The third kappa shape index (κ3) is 3.29. The summed E-state index contributed by atoms with van der Waals surface area (Å²) in [6.45, 7) is 4.17. The molecule has 136 valence electrons. The molecule has 1 spiro atoms. The van der Waals surface area contributed by atoms with E-state index in [2.05, 4.69) is 24.6 Å². The lowest BCUT2D eigenvalue weighted by Crippen LogP contribution is -2.50. The van der Waals surface area contributed by atoms with Crippen molar-refractivity contribution in [3.05, 3.63) is 21.4 Å². The number of hydrogen-bond acceptors (Lipinski definition) is 4. The normalized spacial score (nSPS) is 19.4. The van der Waals surface area contributed by atoms with E-state index in [1.165, 1.54) is 16.2 Å². The molecule has 4 amide bonds. The van der Waals surface area contributed by atoms with E-state index in [1.54, 1.807) is 0 Å². The molecule has 6 nitrogen and oxygen atoms in total. The summed E-state index contributed by atoms with van der Waals surface area (Å²) in [5.74, 6) is -0.718. The molecule has 7 heteroatoms. The number of hydrogen-bond donors (Lipinski definition) is 2. The van der Waals surface area contributed by atoms with E-state index in [-0.39, 0.29) is 5.91 Å². The summed E-state index contributed by atoms with van der Waals surface area (Å²) in [5.41, 5.74) is 2.86. The van der Waals surface area contributed by atoms with Crippen molar-refractivity contribution in [1.82, 2.24) is 15.8 Å². The van der Waals surface area contributed by atoms with Gasteiger partial charge in [0, 0.05) is 4.88 Å². The van der Waals surface area contributed by atoms with Gasteiger partial charge in [-0.05, 0) is 37.3 Å². The molecule has 1 saturated heterocycles. The maximum absolute atomic E-state index is 12.7. The summed E-state index contributed by atoms with van der Waals surface area (Å²) in [5, 5.41) is 3.67. The second kappa shape index (κ2) is 7.15. The van der Waals surface area contributed by atoms with Crippen LogP contribution in [0.25, 0.3) is 0 Å². The van der Waals surface area contributed by atoms with Gasteiger partial charge in [0.15, 0.2) is 0 Å². The van der Waals surface area contributed by atoms with Gasteiger partial charge in [-0.15, -0.1) is 11.3 Å². The lowest BCUT2D eigenvalue weighted by molar-refractivity contribution is -0.134. The molecule has 2 aliphatic rings. The topological polar surface area (TPSA) is 78.5 Å². The van der Waals surface area contributed by atoms with Crippen LogP contribution in [-0.4, -0.2) is 28.4 Å². The number of carbonyl (C=O) groups excluding carboxylic acids is 3. The largest absolute Gasteiger partial charge is 0.344 e. The van der Waals surface area contributed by atoms with Crippen LogP contribution in [0.1, 0.15) is 72.5 Å². The Bertz CT molecular complexity index is 692. The molecule has 0 bridgehead atoms. The van der Waals surface area contributed by atoms with Crippen LogP contribution in [0.5, 0.6) is 0 Å². The van der Waals surface area contributed by atoms with Gasteiger partial charge in [0.05, 0.1) is 4.88 Å². The van der Waals surface area contributed by atoms with E-state index < -0.39 is 17.5 Å². The maximum Gasteiger partial charge on any atom is 0.344 e. The molecule has 0 atom stereocenters. The minimum atomic E-state index is -0.819. The van der Waals surface area contributed by atoms with Crippen molar-refractivity contribution in [2.24, 2.45) is 0 Å². The fourth-order valence-corrected chi connectivity index (χ4v) is 4.93. The van der Waals surface area contributed by atoms with Crippen molar-refractivity contribution >= 4 is 29.2 Å². The van der Waals surface area contributed by atoms with Crippen LogP contribution in [0.4, 0.5) is 4.79 Å².